The van der Waals surface area contributed by atoms with Gasteiger partial charge in [-0.15, -0.1) is 0 Å². The number of unbranched alkanes of at least 4 members (excludes halogenated alkanes) is 3. The molecule has 0 aliphatic heterocycles. The van der Waals surface area contributed by atoms with Gasteiger partial charge >= 0.3 is 0 Å². The van der Waals surface area contributed by atoms with Crippen LogP contribution in [0.25, 0.3) is 0 Å². The highest BCUT2D eigenvalue weighted by Crippen LogP contribution is 2.39. The summed E-state index contributed by atoms with van der Waals surface area (Å²) < 4.78 is 5.98. The quantitative estimate of drug-likeness (QED) is 0.497. The molecule has 0 heterocycles. The van der Waals surface area contributed by atoms with Gasteiger partial charge in [-0.3, -0.25) is 0 Å². The van der Waals surface area contributed by atoms with Crippen LogP contribution in [0.4, 0.5) is 0 Å². The topological polar surface area (TPSA) is 26.3 Å². The number of aldehydes is 1. The van der Waals surface area contributed by atoms with E-state index in [2.05, 4.69) is 20.8 Å². The summed E-state index contributed by atoms with van der Waals surface area (Å²) >= 11 is 0. The monoisotopic (exact) mass is 240 g/mol. The molecular formula is C15H28O2. The van der Waals surface area contributed by atoms with E-state index in [4.69, 9.17) is 4.74 Å². The summed E-state index contributed by atoms with van der Waals surface area (Å²) in [5.74, 6) is 0.791. The van der Waals surface area contributed by atoms with Gasteiger partial charge in [0.1, 0.15) is 6.29 Å². The molecule has 1 fully saturated rings. The van der Waals surface area contributed by atoms with E-state index >= 15 is 0 Å². The van der Waals surface area contributed by atoms with Gasteiger partial charge in [0.05, 0.1) is 6.10 Å². The number of carbonyl (C=O) groups is 1. The van der Waals surface area contributed by atoms with Gasteiger partial charge < -0.3 is 9.53 Å². The Balaban J connectivity index is 2.12. The van der Waals surface area contributed by atoms with Gasteiger partial charge in [0.15, 0.2) is 0 Å². The Bertz CT molecular complexity index is 223. The third-order valence-electron chi connectivity index (χ3n) is 3.67. The molecule has 17 heavy (non-hydrogen) atoms. The predicted molar refractivity (Wildman–Crippen MR) is 71.1 cm³/mol. The molecule has 0 radical (unpaired) electrons. The molecule has 0 aromatic rings. The highest BCUT2D eigenvalue weighted by Gasteiger charge is 2.32. The first-order chi connectivity index (χ1) is 8.03. The summed E-state index contributed by atoms with van der Waals surface area (Å²) in [6, 6.07) is 0. The SMILES string of the molecule is C[C@H]1C[C@H](OCCCCCC=O)CC(C)(C)C1. The minimum atomic E-state index is 0.444. The number of hydrogen-bond donors (Lipinski definition) is 0. The lowest BCUT2D eigenvalue weighted by Gasteiger charge is -2.38. The van der Waals surface area contributed by atoms with Gasteiger partial charge in [0.2, 0.25) is 0 Å². The maximum atomic E-state index is 10.2. The zero-order valence-corrected chi connectivity index (χ0v) is 11.7. The normalized spacial score (nSPS) is 27.9. The Hall–Kier alpha value is -0.370. The average Bonchev–Trinajstić information content (AvgIpc) is 2.20. The highest BCUT2D eigenvalue weighted by atomic mass is 16.5. The first-order valence-electron chi connectivity index (χ1n) is 7.09. The lowest BCUT2D eigenvalue weighted by molar-refractivity contribution is -0.108. The van der Waals surface area contributed by atoms with Gasteiger partial charge in [-0.25, -0.2) is 0 Å². The smallest absolute Gasteiger partial charge is 0.119 e. The molecule has 0 bridgehead atoms. The lowest BCUT2D eigenvalue weighted by atomic mass is 9.71. The molecule has 0 N–H and O–H groups in total. The first kappa shape index (κ1) is 14.7. The van der Waals surface area contributed by atoms with Gasteiger partial charge in [-0.1, -0.05) is 27.2 Å². The van der Waals surface area contributed by atoms with Crippen LogP contribution in [0.2, 0.25) is 0 Å². The minimum absolute atomic E-state index is 0.444. The molecule has 0 aromatic heterocycles. The molecule has 2 atom stereocenters. The molecule has 2 nitrogen and oxygen atoms in total. The summed E-state index contributed by atoms with van der Waals surface area (Å²) in [5.41, 5.74) is 0.444. The maximum Gasteiger partial charge on any atom is 0.119 e. The zero-order valence-electron chi connectivity index (χ0n) is 11.7. The number of ether oxygens (including phenoxy) is 1. The Morgan fingerprint density at radius 1 is 1.24 bits per heavy atom. The molecule has 0 unspecified atom stereocenters. The van der Waals surface area contributed by atoms with Crippen LogP contribution in [-0.4, -0.2) is 19.0 Å². The summed E-state index contributed by atoms with van der Waals surface area (Å²) in [5, 5.41) is 0. The van der Waals surface area contributed by atoms with Crippen LogP contribution in [0.1, 0.15) is 65.7 Å². The van der Waals surface area contributed by atoms with Crippen LogP contribution in [0, 0.1) is 11.3 Å². The minimum Gasteiger partial charge on any atom is -0.378 e. The Kier molecular flexibility index (Phi) is 6.18. The van der Waals surface area contributed by atoms with Crippen LogP contribution in [0.5, 0.6) is 0 Å². The second-order valence-electron chi connectivity index (χ2n) is 6.42. The van der Waals surface area contributed by atoms with Crippen molar-refractivity contribution in [3.63, 3.8) is 0 Å². The molecule has 1 aliphatic rings. The van der Waals surface area contributed by atoms with Crippen molar-refractivity contribution in [2.24, 2.45) is 11.3 Å². The van der Waals surface area contributed by atoms with E-state index < -0.39 is 0 Å². The first-order valence-corrected chi connectivity index (χ1v) is 7.09. The van der Waals surface area contributed by atoms with E-state index in [0.717, 1.165) is 38.1 Å². The van der Waals surface area contributed by atoms with Crippen molar-refractivity contribution in [3.8, 4) is 0 Å². The fourth-order valence-electron chi connectivity index (χ4n) is 3.14. The predicted octanol–water partition coefficient (Wildman–Crippen LogP) is 3.98. The van der Waals surface area contributed by atoms with E-state index in [9.17, 15) is 4.79 Å². The summed E-state index contributed by atoms with van der Waals surface area (Å²) in [4.78, 5) is 10.2. The Morgan fingerprint density at radius 3 is 2.65 bits per heavy atom. The molecule has 0 aromatic carbocycles. The second-order valence-corrected chi connectivity index (χ2v) is 6.42. The number of carbonyl (C=O) groups excluding carboxylic acids is 1. The van der Waals surface area contributed by atoms with Gasteiger partial charge in [-0.2, -0.15) is 0 Å². The Morgan fingerprint density at radius 2 is 2.00 bits per heavy atom. The third-order valence-corrected chi connectivity index (χ3v) is 3.67. The average molecular weight is 240 g/mol. The fraction of sp³-hybridized carbons (Fsp3) is 0.933. The molecular weight excluding hydrogens is 212 g/mol. The molecule has 1 aliphatic carbocycles. The van der Waals surface area contributed by atoms with E-state index in [1.807, 2.05) is 0 Å². The van der Waals surface area contributed by atoms with Crippen LogP contribution < -0.4 is 0 Å². The van der Waals surface area contributed by atoms with Crippen molar-refractivity contribution in [2.75, 3.05) is 6.61 Å². The van der Waals surface area contributed by atoms with Crippen molar-refractivity contribution in [1.29, 1.82) is 0 Å². The van der Waals surface area contributed by atoms with Gasteiger partial charge in [-0.05, 0) is 43.4 Å². The van der Waals surface area contributed by atoms with Crippen LogP contribution in [0.3, 0.4) is 0 Å². The lowest BCUT2D eigenvalue weighted by Crippen LogP contribution is -2.32. The van der Waals surface area contributed by atoms with Crippen molar-refractivity contribution in [3.05, 3.63) is 0 Å². The third kappa shape index (κ3) is 6.21. The zero-order chi connectivity index (χ0) is 12.7. The van der Waals surface area contributed by atoms with Crippen molar-refractivity contribution < 1.29 is 9.53 Å². The van der Waals surface area contributed by atoms with E-state index in [-0.39, 0.29) is 0 Å². The van der Waals surface area contributed by atoms with Crippen LogP contribution >= 0.6 is 0 Å². The molecule has 0 amide bonds. The summed E-state index contributed by atoms with van der Waals surface area (Å²) in [6.07, 6.45) is 9.14. The molecule has 1 saturated carbocycles. The van der Waals surface area contributed by atoms with Crippen molar-refractivity contribution in [2.45, 2.75) is 71.8 Å². The molecule has 100 valence electrons. The standard InChI is InChI=1S/C15H28O2/c1-13-10-14(12-15(2,3)11-13)17-9-7-5-4-6-8-16/h8,13-14H,4-7,9-12H2,1-3H3/t13-,14-/m0/s1. The van der Waals surface area contributed by atoms with E-state index in [1.165, 1.54) is 19.3 Å². The molecule has 1 rings (SSSR count). The molecule has 0 saturated heterocycles. The number of rotatable bonds is 7. The summed E-state index contributed by atoms with van der Waals surface area (Å²) in [7, 11) is 0. The van der Waals surface area contributed by atoms with Crippen molar-refractivity contribution >= 4 is 6.29 Å². The molecule has 2 heteroatoms. The van der Waals surface area contributed by atoms with Crippen LogP contribution in [-0.2, 0) is 9.53 Å². The highest BCUT2D eigenvalue weighted by molar-refractivity contribution is 5.48. The second kappa shape index (κ2) is 7.15. The summed E-state index contributed by atoms with van der Waals surface area (Å²) in [6.45, 7) is 7.90. The van der Waals surface area contributed by atoms with E-state index in [1.54, 1.807) is 0 Å². The fourth-order valence-corrected chi connectivity index (χ4v) is 3.14. The van der Waals surface area contributed by atoms with Crippen molar-refractivity contribution in [1.82, 2.24) is 0 Å². The largest absolute Gasteiger partial charge is 0.378 e. The van der Waals surface area contributed by atoms with Gasteiger partial charge in [0, 0.05) is 13.0 Å². The number of hydrogen-bond acceptors (Lipinski definition) is 2. The van der Waals surface area contributed by atoms with Gasteiger partial charge in [0.25, 0.3) is 0 Å². The Labute approximate surface area is 106 Å². The molecule has 0 spiro atoms. The van der Waals surface area contributed by atoms with Crippen LogP contribution in [0.15, 0.2) is 0 Å². The maximum absolute atomic E-state index is 10.2. The van der Waals surface area contributed by atoms with E-state index in [0.29, 0.717) is 17.9 Å².